The second-order valence-electron chi connectivity index (χ2n) is 5.47. The number of methoxy groups -OCH3 is 1. The highest BCUT2D eigenvalue weighted by Gasteiger charge is 2.30. The smallest absolute Gasteiger partial charge is 0.0589 e. The van der Waals surface area contributed by atoms with Gasteiger partial charge in [-0.1, -0.05) is 0 Å². The number of rotatable bonds is 5. The van der Waals surface area contributed by atoms with Gasteiger partial charge in [-0.3, -0.25) is 9.80 Å². The molecule has 2 fully saturated rings. The number of nitrogens with zero attached hydrogens (tertiary/aromatic N) is 2. The molecule has 0 saturated carbocycles. The minimum atomic E-state index is 0.740. The molecule has 2 aliphatic heterocycles. The van der Waals surface area contributed by atoms with Gasteiger partial charge in [0.15, 0.2) is 0 Å². The van der Waals surface area contributed by atoms with Crippen LogP contribution in [-0.4, -0.2) is 68.8 Å². The Morgan fingerprint density at radius 2 is 2.12 bits per heavy atom. The fourth-order valence-electron chi connectivity index (χ4n) is 3.14. The van der Waals surface area contributed by atoms with Gasteiger partial charge in [0, 0.05) is 32.8 Å². The van der Waals surface area contributed by atoms with Crippen LogP contribution in [-0.2, 0) is 4.74 Å². The van der Waals surface area contributed by atoms with Crippen molar-refractivity contribution in [3.63, 3.8) is 0 Å². The molecule has 2 N–H and O–H groups in total. The predicted octanol–water partition coefficient (Wildman–Crippen LogP) is 0.378. The fourth-order valence-corrected chi connectivity index (χ4v) is 3.14. The summed E-state index contributed by atoms with van der Waals surface area (Å²) in [5.74, 6) is 0.740. The van der Waals surface area contributed by atoms with E-state index in [9.17, 15) is 0 Å². The van der Waals surface area contributed by atoms with E-state index in [0.717, 1.165) is 31.7 Å². The lowest BCUT2D eigenvalue weighted by Crippen LogP contribution is -2.48. The first-order chi connectivity index (χ1) is 8.33. The number of piperidine rings is 1. The van der Waals surface area contributed by atoms with Crippen LogP contribution in [0, 0.1) is 5.92 Å². The largest absolute Gasteiger partial charge is 0.383 e. The molecule has 2 rings (SSSR count). The maximum atomic E-state index is 5.76. The molecular weight excluding hydrogens is 214 g/mol. The van der Waals surface area contributed by atoms with Gasteiger partial charge >= 0.3 is 0 Å². The van der Waals surface area contributed by atoms with Gasteiger partial charge in [0.1, 0.15) is 0 Å². The lowest BCUT2D eigenvalue weighted by atomic mass is 10.0. The third kappa shape index (κ3) is 3.65. The normalized spacial score (nSPS) is 32.1. The van der Waals surface area contributed by atoms with Crippen molar-refractivity contribution in [1.29, 1.82) is 0 Å². The first-order valence-electron chi connectivity index (χ1n) is 6.99. The molecule has 17 heavy (non-hydrogen) atoms. The lowest BCUT2D eigenvalue weighted by Gasteiger charge is -2.37. The van der Waals surface area contributed by atoms with Gasteiger partial charge in [-0.2, -0.15) is 0 Å². The Bertz CT molecular complexity index is 225. The minimum absolute atomic E-state index is 0.740. The Hall–Kier alpha value is -0.160. The van der Waals surface area contributed by atoms with E-state index < -0.39 is 0 Å². The van der Waals surface area contributed by atoms with Gasteiger partial charge in [-0.05, 0) is 44.8 Å². The molecule has 4 heteroatoms. The molecule has 0 amide bonds. The van der Waals surface area contributed by atoms with Crippen LogP contribution in [0.5, 0.6) is 0 Å². The second-order valence-corrected chi connectivity index (χ2v) is 5.47. The van der Waals surface area contributed by atoms with Crippen molar-refractivity contribution in [2.75, 3.05) is 53.0 Å². The zero-order valence-electron chi connectivity index (χ0n) is 11.1. The summed E-state index contributed by atoms with van der Waals surface area (Å²) in [5.41, 5.74) is 5.76. The van der Waals surface area contributed by atoms with Gasteiger partial charge in [-0.15, -0.1) is 0 Å². The molecule has 2 aliphatic rings. The van der Waals surface area contributed by atoms with Crippen molar-refractivity contribution in [3.8, 4) is 0 Å². The average molecular weight is 241 g/mol. The quantitative estimate of drug-likeness (QED) is 0.755. The first kappa shape index (κ1) is 13.3. The summed E-state index contributed by atoms with van der Waals surface area (Å²) in [6.07, 6.45) is 3.99. The van der Waals surface area contributed by atoms with Crippen molar-refractivity contribution in [2.45, 2.75) is 25.3 Å². The zero-order valence-corrected chi connectivity index (χ0v) is 11.1. The van der Waals surface area contributed by atoms with E-state index in [1.54, 1.807) is 7.11 Å². The summed E-state index contributed by atoms with van der Waals surface area (Å²) in [7, 11) is 1.79. The third-order valence-electron chi connectivity index (χ3n) is 4.26. The van der Waals surface area contributed by atoms with Crippen molar-refractivity contribution in [1.82, 2.24) is 9.80 Å². The molecule has 4 nitrogen and oxygen atoms in total. The highest BCUT2D eigenvalue weighted by molar-refractivity contribution is 4.86. The summed E-state index contributed by atoms with van der Waals surface area (Å²) < 4.78 is 5.17. The Kier molecular flexibility index (Phi) is 5.22. The van der Waals surface area contributed by atoms with Crippen LogP contribution < -0.4 is 5.73 Å². The highest BCUT2D eigenvalue weighted by atomic mass is 16.5. The molecule has 0 aromatic heterocycles. The summed E-state index contributed by atoms with van der Waals surface area (Å²) >= 11 is 0. The number of likely N-dealkylation sites (tertiary alicyclic amines) is 2. The molecule has 0 radical (unpaired) electrons. The van der Waals surface area contributed by atoms with E-state index in [-0.39, 0.29) is 0 Å². The highest BCUT2D eigenvalue weighted by Crippen LogP contribution is 2.23. The monoisotopic (exact) mass is 241 g/mol. The molecule has 2 heterocycles. The van der Waals surface area contributed by atoms with Gasteiger partial charge < -0.3 is 10.5 Å². The fraction of sp³-hybridized carbons (Fsp3) is 1.00. The van der Waals surface area contributed by atoms with E-state index in [0.29, 0.717) is 0 Å². The maximum absolute atomic E-state index is 5.76. The van der Waals surface area contributed by atoms with Crippen LogP contribution in [0.4, 0.5) is 0 Å². The minimum Gasteiger partial charge on any atom is -0.383 e. The molecular formula is C13H27N3O. The van der Waals surface area contributed by atoms with Gasteiger partial charge in [0.25, 0.3) is 0 Å². The Morgan fingerprint density at radius 3 is 2.82 bits per heavy atom. The van der Waals surface area contributed by atoms with Gasteiger partial charge in [-0.25, -0.2) is 0 Å². The van der Waals surface area contributed by atoms with Gasteiger partial charge in [0.2, 0.25) is 0 Å². The van der Waals surface area contributed by atoms with E-state index in [1.165, 1.54) is 45.4 Å². The Balaban J connectivity index is 1.77. The van der Waals surface area contributed by atoms with Crippen LogP contribution in [0.25, 0.3) is 0 Å². The molecule has 2 saturated heterocycles. The van der Waals surface area contributed by atoms with Crippen molar-refractivity contribution in [3.05, 3.63) is 0 Å². The average Bonchev–Trinajstić information content (AvgIpc) is 2.85. The number of nitrogens with two attached hydrogens (primary N) is 1. The molecule has 0 bridgehead atoms. The van der Waals surface area contributed by atoms with E-state index in [1.807, 2.05) is 0 Å². The SMILES string of the molecule is COCCN1CCCC(N2CCC(CN)C2)C1. The molecule has 2 unspecified atom stereocenters. The molecule has 0 aliphatic carbocycles. The van der Waals surface area contributed by atoms with E-state index in [4.69, 9.17) is 10.5 Å². The van der Waals surface area contributed by atoms with Crippen LogP contribution in [0.1, 0.15) is 19.3 Å². The van der Waals surface area contributed by atoms with Crippen LogP contribution in [0.3, 0.4) is 0 Å². The van der Waals surface area contributed by atoms with E-state index in [2.05, 4.69) is 9.80 Å². The molecule has 100 valence electrons. The summed E-state index contributed by atoms with van der Waals surface area (Å²) in [6.45, 7) is 7.74. The molecule has 0 spiro atoms. The first-order valence-corrected chi connectivity index (χ1v) is 6.99. The summed E-state index contributed by atoms with van der Waals surface area (Å²) in [5, 5.41) is 0. The summed E-state index contributed by atoms with van der Waals surface area (Å²) in [6, 6.07) is 0.761. The van der Waals surface area contributed by atoms with E-state index >= 15 is 0 Å². The molecule has 0 aromatic carbocycles. The standard InChI is InChI=1S/C13H27N3O/c1-17-8-7-15-5-2-3-13(11-15)16-6-4-12(9-14)10-16/h12-13H,2-11,14H2,1H3. The maximum Gasteiger partial charge on any atom is 0.0589 e. The molecule has 2 atom stereocenters. The van der Waals surface area contributed by atoms with Crippen LogP contribution in [0.15, 0.2) is 0 Å². The number of hydrogen-bond acceptors (Lipinski definition) is 4. The van der Waals surface area contributed by atoms with Gasteiger partial charge in [0.05, 0.1) is 6.61 Å². The topological polar surface area (TPSA) is 41.7 Å². The second kappa shape index (κ2) is 6.69. The van der Waals surface area contributed by atoms with Crippen molar-refractivity contribution in [2.24, 2.45) is 11.7 Å². The lowest BCUT2D eigenvalue weighted by molar-refractivity contribution is 0.0855. The van der Waals surface area contributed by atoms with Crippen LogP contribution >= 0.6 is 0 Å². The Morgan fingerprint density at radius 1 is 1.24 bits per heavy atom. The van der Waals surface area contributed by atoms with Crippen LogP contribution in [0.2, 0.25) is 0 Å². The van der Waals surface area contributed by atoms with Crippen molar-refractivity contribution >= 4 is 0 Å². The third-order valence-corrected chi connectivity index (χ3v) is 4.26. The number of hydrogen-bond donors (Lipinski definition) is 1. The Labute approximate surface area is 105 Å². The zero-order chi connectivity index (χ0) is 12.1. The summed E-state index contributed by atoms with van der Waals surface area (Å²) in [4.78, 5) is 5.21. The van der Waals surface area contributed by atoms with Crippen molar-refractivity contribution < 1.29 is 4.74 Å². The number of ether oxygens (including phenoxy) is 1. The predicted molar refractivity (Wildman–Crippen MR) is 70.1 cm³/mol. The molecule has 0 aromatic rings.